The van der Waals surface area contributed by atoms with E-state index in [1.165, 1.54) is 0 Å². The number of aliphatic hydroxyl groups excluding tert-OH is 1. The number of nitrogens with one attached hydrogen (secondary N) is 1. The van der Waals surface area contributed by atoms with E-state index in [4.69, 9.17) is 5.11 Å². The minimum Gasteiger partial charge on any atom is -0.396 e. The molecule has 1 aliphatic rings. The van der Waals surface area contributed by atoms with E-state index >= 15 is 0 Å². The first kappa shape index (κ1) is 14.7. The summed E-state index contributed by atoms with van der Waals surface area (Å²) in [4.78, 5) is 22.2. The molecule has 2 amide bonds. The van der Waals surface area contributed by atoms with Gasteiger partial charge in [0.25, 0.3) is 0 Å². The first-order chi connectivity index (χ1) is 9.69. The van der Waals surface area contributed by atoms with Gasteiger partial charge in [-0.3, -0.25) is 5.32 Å². The molecule has 20 heavy (non-hydrogen) atoms. The van der Waals surface area contributed by atoms with Gasteiger partial charge in [0.1, 0.15) is 11.6 Å². The summed E-state index contributed by atoms with van der Waals surface area (Å²) < 4.78 is 0. The molecule has 1 saturated heterocycles. The summed E-state index contributed by atoms with van der Waals surface area (Å²) in [5.41, 5.74) is 0. The quantitative estimate of drug-likeness (QED) is 0.883. The van der Waals surface area contributed by atoms with Crippen molar-refractivity contribution in [2.45, 2.75) is 32.6 Å². The van der Waals surface area contributed by atoms with Crippen molar-refractivity contribution in [3.05, 3.63) is 18.1 Å². The number of aromatic nitrogens is 2. The monoisotopic (exact) mass is 278 g/mol. The molecule has 0 spiro atoms. The number of urea groups is 1. The molecule has 0 bridgehead atoms. The predicted molar refractivity (Wildman–Crippen MR) is 76.4 cm³/mol. The maximum atomic E-state index is 12.2. The van der Waals surface area contributed by atoms with Gasteiger partial charge in [-0.05, 0) is 44.6 Å². The van der Waals surface area contributed by atoms with Gasteiger partial charge in [0.2, 0.25) is 0 Å². The number of hydrogen-bond donors (Lipinski definition) is 2. The zero-order valence-electron chi connectivity index (χ0n) is 11.9. The molecule has 1 aromatic heterocycles. The fourth-order valence-electron chi connectivity index (χ4n) is 2.55. The molecule has 0 radical (unpaired) electrons. The fraction of sp³-hybridized carbons (Fsp3) is 0.643. The van der Waals surface area contributed by atoms with E-state index in [1.807, 2.05) is 4.90 Å². The summed E-state index contributed by atoms with van der Waals surface area (Å²) in [6.45, 7) is 3.52. The second kappa shape index (κ2) is 7.19. The minimum absolute atomic E-state index is 0.104. The number of likely N-dealkylation sites (tertiary alicyclic amines) is 1. The molecule has 1 aliphatic heterocycles. The van der Waals surface area contributed by atoms with Gasteiger partial charge >= 0.3 is 6.03 Å². The molecule has 1 aromatic rings. The molecule has 2 heterocycles. The second-order valence-electron chi connectivity index (χ2n) is 5.22. The van der Waals surface area contributed by atoms with E-state index in [-0.39, 0.29) is 12.6 Å². The van der Waals surface area contributed by atoms with Crippen LogP contribution in [0.3, 0.4) is 0 Å². The Hall–Kier alpha value is -1.69. The van der Waals surface area contributed by atoms with Crippen molar-refractivity contribution in [2.24, 2.45) is 5.92 Å². The molecular weight excluding hydrogens is 256 g/mol. The number of carbonyl (C=O) groups is 1. The standard InChI is InChI=1S/C14H22N4O2/c1-11-15-7-4-13(16-11)17-14(20)18-8-2-3-12(5-9-18)6-10-19/h4,7,12,19H,2-3,5-6,8-10H2,1H3,(H,15,16,17,20). The van der Waals surface area contributed by atoms with Gasteiger partial charge in [-0.15, -0.1) is 0 Å². The van der Waals surface area contributed by atoms with E-state index in [2.05, 4.69) is 15.3 Å². The van der Waals surface area contributed by atoms with Crippen LogP contribution in [0, 0.1) is 12.8 Å². The Kier molecular flexibility index (Phi) is 5.29. The molecule has 6 nitrogen and oxygen atoms in total. The zero-order valence-corrected chi connectivity index (χ0v) is 11.9. The first-order valence-electron chi connectivity index (χ1n) is 7.15. The number of anilines is 1. The number of rotatable bonds is 3. The molecule has 0 aromatic carbocycles. The third kappa shape index (κ3) is 4.16. The summed E-state index contributed by atoms with van der Waals surface area (Å²) in [6.07, 6.45) is 5.49. The lowest BCUT2D eigenvalue weighted by molar-refractivity contribution is 0.211. The number of amides is 2. The van der Waals surface area contributed by atoms with Crippen LogP contribution in [0.25, 0.3) is 0 Å². The molecule has 1 unspecified atom stereocenters. The van der Waals surface area contributed by atoms with E-state index in [0.29, 0.717) is 17.6 Å². The Balaban J connectivity index is 1.89. The number of hydrogen-bond acceptors (Lipinski definition) is 4. The van der Waals surface area contributed by atoms with E-state index in [1.54, 1.807) is 19.2 Å². The third-order valence-electron chi connectivity index (χ3n) is 3.68. The van der Waals surface area contributed by atoms with Crippen molar-refractivity contribution >= 4 is 11.8 Å². The van der Waals surface area contributed by atoms with Crippen molar-refractivity contribution in [1.29, 1.82) is 0 Å². The van der Waals surface area contributed by atoms with E-state index in [0.717, 1.165) is 38.8 Å². The predicted octanol–water partition coefficient (Wildman–Crippen LogP) is 1.80. The topological polar surface area (TPSA) is 78.4 Å². The maximum Gasteiger partial charge on any atom is 0.323 e. The van der Waals surface area contributed by atoms with Crippen molar-refractivity contribution in [2.75, 3.05) is 25.0 Å². The van der Waals surface area contributed by atoms with Gasteiger partial charge in [0, 0.05) is 25.9 Å². The molecule has 0 saturated carbocycles. The van der Waals surface area contributed by atoms with Crippen LogP contribution >= 0.6 is 0 Å². The maximum absolute atomic E-state index is 12.2. The molecular formula is C14H22N4O2. The van der Waals surface area contributed by atoms with Gasteiger partial charge in [-0.1, -0.05) is 0 Å². The van der Waals surface area contributed by atoms with Crippen LogP contribution in [-0.2, 0) is 0 Å². The zero-order chi connectivity index (χ0) is 14.4. The van der Waals surface area contributed by atoms with Gasteiger partial charge in [0.15, 0.2) is 0 Å². The summed E-state index contributed by atoms with van der Waals surface area (Å²) in [6, 6.07) is 1.59. The molecule has 2 N–H and O–H groups in total. The Morgan fingerprint density at radius 2 is 2.35 bits per heavy atom. The lowest BCUT2D eigenvalue weighted by atomic mass is 9.98. The van der Waals surface area contributed by atoms with Crippen LogP contribution in [0.4, 0.5) is 10.6 Å². The average Bonchev–Trinajstić information content (AvgIpc) is 2.65. The molecule has 110 valence electrons. The van der Waals surface area contributed by atoms with Gasteiger partial charge < -0.3 is 10.0 Å². The van der Waals surface area contributed by atoms with Crippen LogP contribution in [0.5, 0.6) is 0 Å². The van der Waals surface area contributed by atoms with Crippen molar-refractivity contribution in [3.63, 3.8) is 0 Å². The largest absolute Gasteiger partial charge is 0.396 e. The smallest absolute Gasteiger partial charge is 0.323 e. The Bertz CT molecular complexity index is 453. The number of carbonyl (C=O) groups excluding carboxylic acids is 1. The van der Waals surface area contributed by atoms with E-state index in [9.17, 15) is 4.79 Å². The summed E-state index contributed by atoms with van der Waals surface area (Å²) in [7, 11) is 0. The highest BCUT2D eigenvalue weighted by Crippen LogP contribution is 2.20. The van der Waals surface area contributed by atoms with Crippen LogP contribution in [0.1, 0.15) is 31.5 Å². The lowest BCUT2D eigenvalue weighted by Crippen LogP contribution is -2.36. The second-order valence-corrected chi connectivity index (χ2v) is 5.22. The number of nitrogens with zero attached hydrogens (tertiary/aromatic N) is 3. The van der Waals surface area contributed by atoms with Crippen LogP contribution in [0.2, 0.25) is 0 Å². The highest BCUT2D eigenvalue weighted by atomic mass is 16.3. The minimum atomic E-state index is -0.104. The van der Waals surface area contributed by atoms with Crippen molar-refractivity contribution < 1.29 is 9.90 Å². The number of aliphatic hydroxyl groups is 1. The lowest BCUT2D eigenvalue weighted by Gasteiger charge is -2.20. The summed E-state index contributed by atoms with van der Waals surface area (Å²) in [5, 5.41) is 11.8. The van der Waals surface area contributed by atoms with Crippen LogP contribution in [-0.4, -0.2) is 45.7 Å². The summed E-state index contributed by atoms with van der Waals surface area (Å²) in [5.74, 6) is 1.71. The summed E-state index contributed by atoms with van der Waals surface area (Å²) >= 11 is 0. The molecule has 1 atom stereocenters. The molecule has 0 aliphatic carbocycles. The first-order valence-corrected chi connectivity index (χ1v) is 7.15. The van der Waals surface area contributed by atoms with Gasteiger partial charge in [-0.25, -0.2) is 14.8 Å². The molecule has 2 rings (SSSR count). The SMILES string of the molecule is Cc1nccc(NC(=O)N2CCCC(CCO)CC2)n1. The van der Waals surface area contributed by atoms with Gasteiger partial charge in [-0.2, -0.15) is 0 Å². The van der Waals surface area contributed by atoms with E-state index < -0.39 is 0 Å². The Morgan fingerprint density at radius 3 is 3.10 bits per heavy atom. The van der Waals surface area contributed by atoms with Crippen LogP contribution < -0.4 is 5.32 Å². The number of aryl methyl sites for hydroxylation is 1. The van der Waals surface area contributed by atoms with Crippen molar-refractivity contribution in [3.8, 4) is 0 Å². The van der Waals surface area contributed by atoms with Crippen LogP contribution in [0.15, 0.2) is 12.3 Å². The van der Waals surface area contributed by atoms with Crippen molar-refractivity contribution in [1.82, 2.24) is 14.9 Å². The Morgan fingerprint density at radius 1 is 1.50 bits per heavy atom. The highest BCUT2D eigenvalue weighted by molar-refractivity contribution is 5.88. The fourth-order valence-corrected chi connectivity index (χ4v) is 2.55. The Labute approximate surface area is 119 Å². The normalized spacial score (nSPS) is 19.5. The van der Waals surface area contributed by atoms with Gasteiger partial charge in [0.05, 0.1) is 0 Å². The average molecular weight is 278 g/mol. The third-order valence-corrected chi connectivity index (χ3v) is 3.68. The molecule has 6 heteroatoms. The highest BCUT2D eigenvalue weighted by Gasteiger charge is 2.20. The molecule has 1 fully saturated rings.